The van der Waals surface area contributed by atoms with Crippen LogP contribution in [0.15, 0.2) is 6.33 Å². The van der Waals surface area contributed by atoms with Gasteiger partial charge in [-0.25, -0.2) is 4.98 Å². The summed E-state index contributed by atoms with van der Waals surface area (Å²) in [6.07, 6.45) is 1.70. The maximum absolute atomic E-state index is 3.96. The van der Waals surface area contributed by atoms with Crippen LogP contribution >= 0.6 is 0 Å². The molecule has 0 atom stereocenters. The molecule has 1 rings (SSSR count). The summed E-state index contributed by atoms with van der Waals surface area (Å²) in [5.74, 6) is 0. The van der Waals surface area contributed by atoms with Crippen LogP contribution in [-0.4, -0.2) is 9.97 Å². The molecule has 1 heterocycles. The molecule has 0 aliphatic carbocycles. The van der Waals surface area contributed by atoms with Gasteiger partial charge in [-0.05, 0) is 13.8 Å². The van der Waals surface area contributed by atoms with Crippen LogP contribution in [0.25, 0.3) is 0 Å². The molecule has 1 aromatic heterocycles. The minimum absolute atomic E-state index is 0. The van der Waals surface area contributed by atoms with Gasteiger partial charge in [0.25, 0.3) is 0 Å². The first-order valence-electron chi connectivity index (χ1n) is 3.27. The van der Waals surface area contributed by atoms with Crippen LogP contribution in [0.5, 0.6) is 0 Å². The molecule has 2 nitrogen and oxygen atoms in total. The van der Waals surface area contributed by atoms with Gasteiger partial charge in [-0.15, -0.1) is 0 Å². The third kappa shape index (κ3) is 2.31. The maximum atomic E-state index is 3.96. The average Bonchev–Trinajstić information content (AvgIpc) is 2.23. The Labute approximate surface area is 57.8 Å². The fourth-order valence-electron chi connectivity index (χ4n) is 0.427. The second-order valence-electron chi connectivity index (χ2n) is 1.61. The van der Waals surface area contributed by atoms with Crippen LogP contribution in [-0.2, 0) is 0 Å². The van der Waals surface area contributed by atoms with Gasteiger partial charge in [0.15, 0.2) is 0 Å². The number of nitrogens with zero attached hydrogens (tertiary/aromatic N) is 1. The SMILES string of the molecule is CC.Cc1nc[nH]c1C.[HH]. The summed E-state index contributed by atoms with van der Waals surface area (Å²) in [5.41, 5.74) is 2.24. The molecule has 0 saturated carbocycles. The van der Waals surface area contributed by atoms with E-state index in [1.807, 2.05) is 27.7 Å². The highest BCUT2D eigenvalue weighted by Crippen LogP contribution is 1.94. The number of aromatic nitrogens is 2. The van der Waals surface area contributed by atoms with Gasteiger partial charge in [0, 0.05) is 7.12 Å². The Hall–Kier alpha value is -0.790. The molecule has 0 unspecified atom stereocenters. The Kier molecular flexibility index (Phi) is 3.76. The van der Waals surface area contributed by atoms with Crippen molar-refractivity contribution >= 4 is 0 Å². The first-order valence-corrected chi connectivity index (χ1v) is 3.27. The van der Waals surface area contributed by atoms with Crippen molar-refractivity contribution in [1.82, 2.24) is 9.97 Å². The first-order chi connectivity index (χ1) is 4.30. The molecule has 54 valence electrons. The lowest BCUT2D eigenvalue weighted by Gasteiger charge is -1.79. The maximum Gasteiger partial charge on any atom is 0.0925 e. The van der Waals surface area contributed by atoms with E-state index in [0.29, 0.717) is 0 Å². The van der Waals surface area contributed by atoms with Crippen LogP contribution in [0.1, 0.15) is 26.7 Å². The molecular formula is C7H16N2. The summed E-state index contributed by atoms with van der Waals surface area (Å²) in [7, 11) is 0. The van der Waals surface area contributed by atoms with E-state index in [2.05, 4.69) is 9.97 Å². The number of aromatic amines is 1. The zero-order valence-corrected chi connectivity index (χ0v) is 6.52. The van der Waals surface area contributed by atoms with Gasteiger partial charge in [0.2, 0.25) is 0 Å². The summed E-state index contributed by atoms with van der Waals surface area (Å²) in [4.78, 5) is 6.92. The van der Waals surface area contributed by atoms with E-state index < -0.39 is 0 Å². The monoisotopic (exact) mass is 128 g/mol. The number of hydrogen-bond donors (Lipinski definition) is 1. The number of rotatable bonds is 0. The van der Waals surface area contributed by atoms with Gasteiger partial charge >= 0.3 is 0 Å². The summed E-state index contributed by atoms with van der Waals surface area (Å²) in [6.45, 7) is 7.98. The lowest BCUT2D eigenvalue weighted by atomic mass is 10.4. The van der Waals surface area contributed by atoms with Crippen LogP contribution in [0.2, 0.25) is 0 Å². The van der Waals surface area contributed by atoms with Crippen LogP contribution in [0.4, 0.5) is 0 Å². The van der Waals surface area contributed by atoms with Crippen molar-refractivity contribution in [3.05, 3.63) is 17.7 Å². The zero-order valence-electron chi connectivity index (χ0n) is 6.52. The third-order valence-corrected chi connectivity index (χ3v) is 1.08. The molecule has 0 saturated heterocycles. The molecule has 0 aromatic carbocycles. The van der Waals surface area contributed by atoms with Gasteiger partial charge in [0.05, 0.1) is 12.0 Å². The first kappa shape index (κ1) is 8.21. The van der Waals surface area contributed by atoms with Crippen molar-refractivity contribution < 1.29 is 1.43 Å². The molecule has 0 fully saturated rings. The molecule has 0 amide bonds. The molecule has 2 heteroatoms. The van der Waals surface area contributed by atoms with Crippen molar-refractivity contribution in [3.63, 3.8) is 0 Å². The fourth-order valence-corrected chi connectivity index (χ4v) is 0.427. The van der Waals surface area contributed by atoms with Crippen LogP contribution in [0.3, 0.4) is 0 Å². The van der Waals surface area contributed by atoms with Crippen LogP contribution < -0.4 is 0 Å². The molecule has 0 aliphatic rings. The highest BCUT2D eigenvalue weighted by Gasteiger charge is 1.87. The van der Waals surface area contributed by atoms with Gasteiger partial charge in [0.1, 0.15) is 0 Å². The van der Waals surface area contributed by atoms with Crippen molar-refractivity contribution in [2.24, 2.45) is 0 Å². The number of aryl methyl sites for hydroxylation is 2. The Morgan fingerprint density at radius 3 is 2.11 bits per heavy atom. The molecule has 0 radical (unpaired) electrons. The predicted molar refractivity (Wildman–Crippen MR) is 41.5 cm³/mol. The standard InChI is InChI=1S/C5H8N2.C2H6.H2/c1-4-5(2)7-3-6-4;1-2;/h3H,1-2H3,(H,6,7);1-2H3;1H. The second-order valence-corrected chi connectivity index (χ2v) is 1.61. The Balaban J connectivity index is 0. The van der Waals surface area contributed by atoms with E-state index in [-0.39, 0.29) is 1.43 Å². The summed E-state index contributed by atoms with van der Waals surface area (Å²) in [6, 6.07) is 0. The quantitative estimate of drug-likeness (QED) is 0.570. The third-order valence-electron chi connectivity index (χ3n) is 1.08. The summed E-state index contributed by atoms with van der Waals surface area (Å²) >= 11 is 0. The largest absolute Gasteiger partial charge is 0.348 e. The second kappa shape index (κ2) is 4.13. The topological polar surface area (TPSA) is 28.7 Å². The number of imidazole rings is 1. The minimum atomic E-state index is 0. The molecule has 1 N–H and O–H groups in total. The van der Waals surface area contributed by atoms with Crippen molar-refractivity contribution in [1.29, 1.82) is 0 Å². The summed E-state index contributed by atoms with van der Waals surface area (Å²) < 4.78 is 0. The van der Waals surface area contributed by atoms with E-state index in [0.717, 1.165) is 11.4 Å². The van der Waals surface area contributed by atoms with E-state index >= 15 is 0 Å². The highest BCUT2D eigenvalue weighted by atomic mass is 14.9. The van der Waals surface area contributed by atoms with Crippen molar-refractivity contribution in [2.45, 2.75) is 27.7 Å². The normalized spacial score (nSPS) is 8.00. The number of hydrogen-bond acceptors (Lipinski definition) is 1. The molecular weight excluding hydrogens is 112 g/mol. The lowest BCUT2D eigenvalue weighted by Crippen LogP contribution is -1.71. The van der Waals surface area contributed by atoms with E-state index in [4.69, 9.17) is 0 Å². The summed E-state index contributed by atoms with van der Waals surface area (Å²) in [5, 5.41) is 0. The van der Waals surface area contributed by atoms with Gasteiger partial charge < -0.3 is 4.98 Å². The van der Waals surface area contributed by atoms with Crippen LogP contribution in [0, 0.1) is 13.8 Å². The molecule has 0 aliphatic heterocycles. The van der Waals surface area contributed by atoms with Gasteiger partial charge in [-0.1, -0.05) is 13.8 Å². The average molecular weight is 128 g/mol. The molecule has 9 heavy (non-hydrogen) atoms. The Morgan fingerprint density at radius 2 is 2.00 bits per heavy atom. The molecule has 1 aromatic rings. The van der Waals surface area contributed by atoms with Gasteiger partial charge in [-0.2, -0.15) is 0 Å². The van der Waals surface area contributed by atoms with E-state index in [9.17, 15) is 0 Å². The Bertz CT molecular complexity index is 144. The zero-order chi connectivity index (χ0) is 7.28. The number of H-pyrrole nitrogens is 1. The highest BCUT2D eigenvalue weighted by molar-refractivity contribution is 5.04. The molecule has 0 bridgehead atoms. The van der Waals surface area contributed by atoms with E-state index in [1.165, 1.54) is 0 Å². The number of nitrogens with one attached hydrogen (secondary N) is 1. The molecule has 0 spiro atoms. The smallest absolute Gasteiger partial charge is 0.0925 e. The van der Waals surface area contributed by atoms with Crippen molar-refractivity contribution in [2.75, 3.05) is 0 Å². The Morgan fingerprint density at radius 1 is 1.44 bits per heavy atom. The fraction of sp³-hybridized carbons (Fsp3) is 0.571. The van der Waals surface area contributed by atoms with Crippen molar-refractivity contribution in [3.8, 4) is 0 Å². The van der Waals surface area contributed by atoms with E-state index in [1.54, 1.807) is 6.33 Å². The lowest BCUT2D eigenvalue weighted by molar-refractivity contribution is 1.22. The minimum Gasteiger partial charge on any atom is -0.348 e. The van der Waals surface area contributed by atoms with Gasteiger partial charge in [-0.3, -0.25) is 0 Å². The predicted octanol–water partition coefficient (Wildman–Crippen LogP) is 2.30.